The number of nitrogens with one attached hydrogen (secondary N) is 1. The lowest BCUT2D eigenvalue weighted by Gasteiger charge is -2.32. The Bertz CT molecular complexity index is 981. The van der Waals surface area contributed by atoms with Gasteiger partial charge in [0, 0.05) is 29.3 Å². The Labute approximate surface area is 160 Å². The molecule has 0 saturated heterocycles. The van der Waals surface area contributed by atoms with Gasteiger partial charge in [-0.3, -0.25) is 19.9 Å². The fourth-order valence-electron chi connectivity index (χ4n) is 3.36. The number of carbonyl (C=O) groups excluding carboxylic acids is 1. The second-order valence-electron chi connectivity index (χ2n) is 6.28. The number of rotatable bonds is 6. The van der Waals surface area contributed by atoms with E-state index in [4.69, 9.17) is 0 Å². The SMILES string of the molecule is CC1=NC(c2ccccc2)=C(C(=O)O)C(c2ccc([N+](=O)[O-])cc2)C1NC=O. The van der Waals surface area contributed by atoms with Crippen molar-refractivity contribution in [3.8, 4) is 0 Å². The Balaban J connectivity index is 2.22. The number of aliphatic imine (C=N–C) groups is 1. The molecule has 2 aromatic rings. The normalized spacial score (nSPS) is 19.0. The Morgan fingerprint density at radius 1 is 1.18 bits per heavy atom. The second-order valence-corrected chi connectivity index (χ2v) is 6.28. The van der Waals surface area contributed by atoms with Crippen molar-refractivity contribution in [2.45, 2.75) is 18.9 Å². The minimum atomic E-state index is -1.17. The first-order valence-corrected chi connectivity index (χ1v) is 8.46. The molecule has 0 saturated carbocycles. The third-order valence-corrected chi connectivity index (χ3v) is 4.63. The highest BCUT2D eigenvalue weighted by Gasteiger charge is 2.38. The summed E-state index contributed by atoms with van der Waals surface area (Å²) in [5.74, 6) is -1.92. The van der Waals surface area contributed by atoms with Crippen LogP contribution in [-0.2, 0) is 9.59 Å². The monoisotopic (exact) mass is 379 g/mol. The number of carbonyl (C=O) groups is 2. The quantitative estimate of drug-likeness (QED) is 0.454. The van der Waals surface area contributed by atoms with Gasteiger partial charge in [-0.05, 0) is 12.5 Å². The first-order valence-electron chi connectivity index (χ1n) is 8.46. The van der Waals surface area contributed by atoms with Crippen molar-refractivity contribution in [3.05, 3.63) is 81.4 Å². The van der Waals surface area contributed by atoms with Crippen LogP contribution >= 0.6 is 0 Å². The molecule has 2 unspecified atom stereocenters. The maximum Gasteiger partial charge on any atom is 0.334 e. The Hall–Kier alpha value is -3.81. The van der Waals surface area contributed by atoms with E-state index in [0.717, 1.165) is 0 Å². The summed E-state index contributed by atoms with van der Waals surface area (Å²) in [5, 5.41) is 23.5. The molecule has 2 atom stereocenters. The second kappa shape index (κ2) is 7.83. The number of hydrogen-bond donors (Lipinski definition) is 2. The number of aliphatic carboxylic acids is 1. The number of carboxylic acid groups (broad SMARTS) is 1. The zero-order chi connectivity index (χ0) is 20.3. The molecule has 0 aliphatic carbocycles. The van der Waals surface area contributed by atoms with Crippen LogP contribution in [0.4, 0.5) is 5.69 Å². The molecule has 28 heavy (non-hydrogen) atoms. The molecule has 8 heteroatoms. The van der Waals surface area contributed by atoms with Gasteiger partial charge in [0.1, 0.15) is 0 Å². The fraction of sp³-hybridized carbons (Fsp3) is 0.150. The lowest BCUT2D eigenvalue weighted by molar-refractivity contribution is -0.384. The van der Waals surface area contributed by atoms with Gasteiger partial charge < -0.3 is 10.4 Å². The van der Waals surface area contributed by atoms with Crippen LogP contribution in [0.3, 0.4) is 0 Å². The van der Waals surface area contributed by atoms with Crippen molar-refractivity contribution < 1.29 is 19.6 Å². The first-order chi connectivity index (χ1) is 13.4. The number of hydrogen-bond acceptors (Lipinski definition) is 5. The maximum absolute atomic E-state index is 12.2. The van der Waals surface area contributed by atoms with Gasteiger partial charge >= 0.3 is 5.97 Å². The molecule has 0 aromatic heterocycles. The Kier molecular flexibility index (Phi) is 5.30. The number of benzene rings is 2. The van der Waals surface area contributed by atoms with Crippen molar-refractivity contribution in [1.82, 2.24) is 5.32 Å². The fourth-order valence-corrected chi connectivity index (χ4v) is 3.36. The van der Waals surface area contributed by atoms with Gasteiger partial charge in [-0.2, -0.15) is 0 Å². The summed E-state index contributed by atoms with van der Waals surface area (Å²) in [6.45, 7) is 1.71. The molecule has 3 rings (SSSR count). The lowest BCUT2D eigenvalue weighted by atomic mass is 9.79. The van der Waals surface area contributed by atoms with Crippen LogP contribution in [0.25, 0.3) is 5.70 Å². The molecule has 8 nitrogen and oxygen atoms in total. The van der Waals surface area contributed by atoms with Crippen LogP contribution in [0, 0.1) is 10.1 Å². The van der Waals surface area contributed by atoms with Crippen LogP contribution in [0.5, 0.6) is 0 Å². The van der Waals surface area contributed by atoms with E-state index in [2.05, 4.69) is 10.3 Å². The molecule has 1 aliphatic rings. The van der Waals surface area contributed by atoms with Crippen molar-refractivity contribution in [2.75, 3.05) is 0 Å². The number of nitro benzene ring substituents is 1. The summed E-state index contributed by atoms with van der Waals surface area (Å²) >= 11 is 0. The first kappa shape index (κ1) is 19.0. The van der Waals surface area contributed by atoms with E-state index < -0.39 is 22.9 Å². The highest BCUT2D eigenvalue weighted by Crippen LogP contribution is 2.39. The molecular formula is C20H17N3O5. The van der Waals surface area contributed by atoms with Gasteiger partial charge in [-0.15, -0.1) is 0 Å². The van der Waals surface area contributed by atoms with E-state index >= 15 is 0 Å². The van der Waals surface area contributed by atoms with Crippen molar-refractivity contribution in [2.24, 2.45) is 4.99 Å². The smallest absolute Gasteiger partial charge is 0.334 e. The standard InChI is InChI=1S/C20H17N3O5/c1-12-18(21-11-24)16(13-7-9-15(10-8-13)23(27)28)17(20(25)26)19(22-12)14-5-3-2-4-6-14/h2-11,16,18H,1H3,(H,21,24)(H,25,26). The summed E-state index contributed by atoms with van der Waals surface area (Å²) < 4.78 is 0. The molecule has 1 amide bonds. The van der Waals surface area contributed by atoms with Gasteiger partial charge in [0.05, 0.1) is 22.2 Å². The van der Waals surface area contributed by atoms with E-state index in [1.807, 2.05) is 6.07 Å². The van der Waals surface area contributed by atoms with Crippen LogP contribution in [0.2, 0.25) is 0 Å². The van der Waals surface area contributed by atoms with Crippen LogP contribution in [-0.4, -0.2) is 34.2 Å². The van der Waals surface area contributed by atoms with E-state index in [9.17, 15) is 24.8 Å². The molecule has 0 bridgehead atoms. The maximum atomic E-state index is 12.2. The number of nitro groups is 1. The molecule has 0 fully saturated rings. The topological polar surface area (TPSA) is 122 Å². The number of nitrogens with zero attached hydrogens (tertiary/aromatic N) is 2. The molecule has 2 aromatic carbocycles. The number of amides is 1. The number of carboxylic acids is 1. The highest BCUT2D eigenvalue weighted by molar-refractivity contribution is 6.06. The van der Waals surface area contributed by atoms with Crippen molar-refractivity contribution >= 4 is 29.5 Å². The van der Waals surface area contributed by atoms with Gasteiger partial charge in [0.2, 0.25) is 6.41 Å². The number of non-ortho nitro benzene ring substituents is 1. The Morgan fingerprint density at radius 3 is 2.36 bits per heavy atom. The predicted octanol–water partition coefficient (Wildman–Crippen LogP) is 2.76. The van der Waals surface area contributed by atoms with Gasteiger partial charge in [0.25, 0.3) is 5.69 Å². The predicted molar refractivity (Wildman–Crippen MR) is 103 cm³/mol. The largest absolute Gasteiger partial charge is 0.478 e. The third kappa shape index (κ3) is 3.52. The van der Waals surface area contributed by atoms with Gasteiger partial charge in [-0.1, -0.05) is 42.5 Å². The zero-order valence-electron chi connectivity index (χ0n) is 14.9. The van der Waals surface area contributed by atoms with Crippen LogP contribution < -0.4 is 5.32 Å². The minimum absolute atomic E-state index is 0.0185. The third-order valence-electron chi connectivity index (χ3n) is 4.63. The average molecular weight is 379 g/mol. The minimum Gasteiger partial charge on any atom is -0.478 e. The lowest BCUT2D eigenvalue weighted by Crippen LogP contribution is -2.44. The van der Waals surface area contributed by atoms with Gasteiger partial charge in [0.15, 0.2) is 0 Å². The van der Waals surface area contributed by atoms with Crippen molar-refractivity contribution in [3.63, 3.8) is 0 Å². The summed E-state index contributed by atoms with van der Waals surface area (Å²) in [4.78, 5) is 38.2. The van der Waals surface area contributed by atoms with E-state index in [-0.39, 0.29) is 11.3 Å². The molecule has 142 valence electrons. The van der Waals surface area contributed by atoms with Crippen LogP contribution in [0.15, 0.2) is 65.2 Å². The van der Waals surface area contributed by atoms with E-state index in [1.165, 1.54) is 24.3 Å². The van der Waals surface area contributed by atoms with Gasteiger partial charge in [-0.25, -0.2) is 4.79 Å². The van der Waals surface area contributed by atoms with Crippen molar-refractivity contribution in [1.29, 1.82) is 0 Å². The summed E-state index contributed by atoms with van der Waals surface area (Å²) in [6.07, 6.45) is 0.495. The molecule has 0 spiro atoms. The highest BCUT2D eigenvalue weighted by atomic mass is 16.6. The molecule has 1 aliphatic heterocycles. The molecule has 0 radical (unpaired) electrons. The van der Waals surface area contributed by atoms with Crippen LogP contribution in [0.1, 0.15) is 24.0 Å². The molecule has 2 N–H and O–H groups in total. The zero-order valence-corrected chi connectivity index (χ0v) is 14.9. The summed E-state index contributed by atoms with van der Waals surface area (Å²) in [5.41, 5.74) is 1.93. The molecule has 1 heterocycles. The van der Waals surface area contributed by atoms with E-state index in [0.29, 0.717) is 28.9 Å². The summed E-state index contributed by atoms with van der Waals surface area (Å²) in [7, 11) is 0. The van der Waals surface area contributed by atoms with E-state index in [1.54, 1.807) is 31.2 Å². The molecular weight excluding hydrogens is 362 g/mol. The average Bonchev–Trinajstić information content (AvgIpc) is 2.69. The summed E-state index contributed by atoms with van der Waals surface area (Å²) in [6, 6.07) is 13.9. The Morgan fingerprint density at radius 2 is 1.82 bits per heavy atom.